The first-order valence-electron chi connectivity index (χ1n) is 9.46. The summed E-state index contributed by atoms with van der Waals surface area (Å²) in [4.78, 5) is 5.80. The summed E-state index contributed by atoms with van der Waals surface area (Å²) in [6, 6.07) is 25.6. The lowest BCUT2D eigenvalue weighted by molar-refractivity contribution is 0.306. The fraction of sp³-hybridized carbons (Fsp3) is 0.0833. The number of thiazole rings is 1. The first kappa shape index (κ1) is 20.1. The monoisotopic (exact) mass is 433 g/mol. The molecule has 0 saturated carbocycles. The Hall–Kier alpha value is -3.15. The number of aromatic nitrogens is 1. The molecule has 1 heterocycles. The van der Waals surface area contributed by atoms with Crippen LogP contribution in [-0.2, 0) is 6.61 Å². The molecule has 0 amide bonds. The zero-order chi connectivity index (χ0) is 20.8. The van der Waals surface area contributed by atoms with Crippen LogP contribution < -0.4 is 10.2 Å². The van der Waals surface area contributed by atoms with Crippen LogP contribution >= 0.6 is 22.9 Å². The summed E-state index contributed by atoms with van der Waals surface area (Å²) in [5.41, 5.74) is 7.16. The third kappa shape index (κ3) is 5.26. The number of hydrazone groups is 1. The molecule has 0 radical (unpaired) electrons. The number of nitrogens with one attached hydrogen (secondary N) is 1. The summed E-state index contributed by atoms with van der Waals surface area (Å²) in [5, 5.41) is 5.80. The molecular weight excluding hydrogens is 414 g/mol. The van der Waals surface area contributed by atoms with Crippen LogP contribution in [0.4, 0.5) is 5.13 Å². The van der Waals surface area contributed by atoms with Gasteiger partial charge in [0.25, 0.3) is 0 Å². The molecule has 4 nitrogen and oxygen atoms in total. The molecule has 1 aromatic heterocycles. The molecule has 0 saturated heterocycles. The predicted octanol–water partition coefficient (Wildman–Crippen LogP) is 6.80. The highest BCUT2D eigenvalue weighted by atomic mass is 35.5. The van der Waals surface area contributed by atoms with Crippen molar-refractivity contribution in [1.82, 2.24) is 4.98 Å². The van der Waals surface area contributed by atoms with Gasteiger partial charge >= 0.3 is 0 Å². The van der Waals surface area contributed by atoms with E-state index in [9.17, 15) is 0 Å². The van der Waals surface area contributed by atoms with E-state index in [2.05, 4.69) is 34.6 Å². The fourth-order valence-corrected chi connectivity index (χ4v) is 3.78. The summed E-state index contributed by atoms with van der Waals surface area (Å²) in [6.45, 7) is 2.57. The average Bonchev–Trinajstić information content (AvgIpc) is 3.15. The number of aryl methyl sites for hydroxylation is 1. The van der Waals surface area contributed by atoms with E-state index in [0.717, 1.165) is 43.2 Å². The van der Waals surface area contributed by atoms with Crippen molar-refractivity contribution in [2.75, 3.05) is 5.43 Å². The van der Waals surface area contributed by atoms with Crippen molar-refractivity contribution in [1.29, 1.82) is 0 Å². The highest BCUT2D eigenvalue weighted by molar-refractivity contribution is 7.15. The number of halogens is 1. The topological polar surface area (TPSA) is 46.5 Å². The van der Waals surface area contributed by atoms with Crippen LogP contribution in [0.25, 0.3) is 11.3 Å². The molecule has 3 aromatic carbocycles. The van der Waals surface area contributed by atoms with E-state index in [1.54, 1.807) is 17.6 Å². The lowest BCUT2D eigenvalue weighted by Gasteiger charge is -2.06. The number of nitrogens with zero attached hydrogens (tertiary/aromatic N) is 2. The van der Waals surface area contributed by atoms with Crippen molar-refractivity contribution in [3.8, 4) is 17.0 Å². The Morgan fingerprint density at radius 3 is 2.47 bits per heavy atom. The molecule has 0 aliphatic carbocycles. The highest BCUT2D eigenvalue weighted by Crippen LogP contribution is 2.30. The van der Waals surface area contributed by atoms with Gasteiger partial charge in [0.2, 0.25) is 5.13 Å². The minimum atomic E-state index is 0.499. The smallest absolute Gasteiger partial charge is 0.204 e. The Balaban J connectivity index is 1.33. The summed E-state index contributed by atoms with van der Waals surface area (Å²) >= 11 is 7.49. The second-order valence-corrected chi connectivity index (χ2v) is 8.28. The van der Waals surface area contributed by atoms with Crippen molar-refractivity contribution < 1.29 is 4.74 Å². The third-order valence-electron chi connectivity index (χ3n) is 4.42. The summed E-state index contributed by atoms with van der Waals surface area (Å²) in [5.74, 6) is 0.804. The van der Waals surface area contributed by atoms with Crippen LogP contribution in [0.15, 0.2) is 84.0 Å². The Bertz CT molecular complexity index is 1120. The molecule has 0 aliphatic heterocycles. The van der Waals surface area contributed by atoms with E-state index in [1.165, 1.54) is 0 Å². The predicted molar refractivity (Wildman–Crippen MR) is 126 cm³/mol. The molecule has 1 N–H and O–H groups in total. The lowest BCUT2D eigenvalue weighted by atomic mass is 10.1. The van der Waals surface area contributed by atoms with Gasteiger partial charge in [-0.3, -0.25) is 5.43 Å². The molecule has 4 aromatic rings. The number of anilines is 1. The van der Waals surface area contributed by atoms with E-state index < -0.39 is 0 Å². The SMILES string of the molecule is Cc1sc(N/N=C\c2ccc(OCc3ccc(Cl)cc3)cc2)nc1-c1ccccc1. The third-order valence-corrected chi connectivity index (χ3v) is 5.54. The standard InChI is InChI=1S/C24H20ClN3OS/c1-17-23(20-5-3-2-4-6-20)27-24(30-17)28-26-15-18-9-13-22(14-10-18)29-16-19-7-11-21(25)12-8-19/h2-15H,16H2,1H3,(H,27,28)/b26-15-. The lowest BCUT2D eigenvalue weighted by Crippen LogP contribution is -1.95. The van der Waals surface area contributed by atoms with Gasteiger partial charge in [-0.2, -0.15) is 5.10 Å². The summed E-state index contributed by atoms with van der Waals surface area (Å²) in [6.07, 6.45) is 1.77. The maximum atomic E-state index is 5.90. The second-order valence-electron chi connectivity index (χ2n) is 6.64. The van der Waals surface area contributed by atoms with Gasteiger partial charge in [-0.15, -0.1) is 11.3 Å². The van der Waals surface area contributed by atoms with Crippen LogP contribution in [0, 0.1) is 6.92 Å². The largest absolute Gasteiger partial charge is 0.489 e. The van der Waals surface area contributed by atoms with Crippen LogP contribution in [0.1, 0.15) is 16.0 Å². The number of ether oxygens (including phenoxy) is 1. The molecule has 0 atom stereocenters. The zero-order valence-electron chi connectivity index (χ0n) is 16.4. The molecule has 0 bridgehead atoms. The first-order chi connectivity index (χ1) is 14.7. The Morgan fingerprint density at radius 2 is 1.73 bits per heavy atom. The molecule has 30 heavy (non-hydrogen) atoms. The molecule has 150 valence electrons. The zero-order valence-corrected chi connectivity index (χ0v) is 18.0. The fourth-order valence-electron chi connectivity index (χ4n) is 2.87. The van der Waals surface area contributed by atoms with Crippen LogP contribution in [0.3, 0.4) is 0 Å². The summed E-state index contributed by atoms with van der Waals surface area (Å²) < 4.78 is 5.81. The summed E-state index contributed by atoms with van der Waals surface area (Å²) in [7, 11) is 0. The van der Waals surface area contributed by atoms with Crippen LogP contribution in [-0.4, -0.2) is 11.2 Å². The second kappa shape index (κ2) is 9.57. The molecule has 0 aliphatic rings. The molecule has 6 heteroatoms. The molecule has 0 spiro atoms. The van der Waals surface area contributed by atoms with Gasteiger partial charge in [0.1, 0.15) is 12.4 Å². The van der Waals surface area contributed by atoms with Gasteiger partial charge in [0.15, 0.2) is 0 Å². The maximum Gasteiger partial charge on any atom is 0.204 e. The van der Waals surface area contributed by atoms with Gasteiger partial charge in [-0.25, -0.2) is 4.98 Å². The van der Waals surface area contributed by atoms with Crippen molar-refractivity contribution >= 4 is 34.3 Å². The van der Waals surface area contributed by atoms with Crippen LogP contribution in [0.5, 0.6) is 5.75 Å². The molecule has 0 unspecified atom stereocenters. The Labute approximate surface area is 184 Å². The Morgan fingerprint density at radius 1 is 1.00 bits per heavy atom. The van der Waals surface area contributed by atoms with Crippen molar-refractivity contribution in [2.45, 2.75) is 13.5 Å². The van der Waals surface area contributed by atoms with E-state index in [-0.39, 0.29) is 0 Å². The van der Waals surface area contributed by atoms with E-state index in [1.807, 2.05) is 66.7 Å². The first-order valence-corrected chi connectivity index (χ1v) is 10.7. The molecule has 0 fully saturated rings. The van der Waals surface area contributed by atoms with Gasteiger partial charge < -0.3 is 4.74 Å². The van der Waals surface area contributed by atoms with E-state index in [0.29, 0.717) is 6.61 Å². The molecule has 4 rings (SSSR count). The normalized spacial score (nSPS) is 11.0. The number of hydrogen-bond donors (Lipinski definition) is 1. The van der Waals surface area contributed by atoms with Gasteiger partial charge in [0.05, 0.1) is 11.9 Å². The number of benzene rings is 3. The minimum absolute atomic E-state index is 0.499. The highest BCUT2D eigenvalue weighted by Gasteiger charge is 2.08. The minimum Gasteiger partial charge on any atom is -0.489 e. The van der Waals surface area contributed by atoms with Crippen molar-refractivity contribution in [3.05, 3.63) is 99.9 Å². The van der Waals surface area contributed by atoms with Crippen LogP contribution in [0.2, 0.25) is 5.02 Å². The van der Waals surface area contributed by atoms with Crippen molar-refractivity contribution in [2.24, 2.45) is 5.10 Å². The van der Waals surface area contributed by atoms with Crippen molar-refractivity contribution in [3.63, 3.8) is 0 Å². The van der Waals surface area contributed by atoms with Gasteiger partial charge in [-0.1, -0.05) is 54.1 Å². The number of hydrogen-bond acceptors (Lipinski definition) is 5. The maximum absolute atomic E-state index is 5.90. The van der Waals surface area contributed by atoms with Gasteiger partial charge in [0, 0.05) is 15.5 Å². The Kier molecular flexibility index (Phi) is 6.42. The van der Waals surface area contributed by atoms with Gasteiger partial charge in [-0.05, 0) is 54.4 Å². The quantitative estimate of drug-likeness (QED) is 0.257. The average molecular weight is 434 g/mol. The number of rotatable bonds is 7. The van der Waals surface area contributed by atoms with E-state index >= 15 is 0 Å². The molecular formula is C24H20ClN3OS. The van der Waals surface area contributed by atoms with E-state index in [4.69, 9.17) is 16.3 Å².